The van der Waals surface area contributed by atoms with Gasteiger partial charge in [0.2, 0.25) is 0 Å². The van der Waals surface area contributed by atoms with Crippen molar-refractivity contribution < 1.29 is 19.1 Å². The van der Waals surface area contributed by atoms with E-state index in [9.17, 15) is 9.59 Å². The Kier molecular flexibility index (Phi) is 7.16. The number of carbonyl (C=O) groups excluding carboxylic acids is 2. The summed E-state index contributed by atoms with van der Waals surface area (Å²) in [6, 6.07) is 11.5. The quantitative estimate of drug-likeness (QED) is 0.539. The molecule has 3 aromatic rings. The topological polar surface area (TPSA) is 77.5 Å². The second kappa shape index (κ2) is 10.0. The molecule has 3 rings (SSSR count). The molecule has 0 saturated carbocycles. The van der Waals surface area contributed by atoms with Gasteiger partial charge in [-0.05, 0) is 30.5 Å². The Labute approximate surface area is 171 Å². The Morgan fingerprint density at radius 3 is 2.79 bits per heavy atom. The summed E-state index contributed by atoms with van der Waals surface area (Å²) in [5.41, 5.74) is 1.50. The van der Waals surface area contributed by atoms with E-state index in [1.165, 1.54) is 11.3 Å². The van der Waals surface area contributed by atoms with Crippen LogP contribution >= 0.6 is 22.7 Å². The molecular weight excluding hydrogens is 396 g/mol. The number of hydrogen-bond donors (Lipinski definition) is 1. The minimum absolute atomic E-state index is 0.0194. The third kappa shape index (κ3) is 5.64. The molecule has 0 radical (unpaired) electrons. The number of aromatic nitrogens is 1. The molecule has 1 N–H and O–H groups in total. The van der Waals surface area contributed by atoms with Crippen LogP contribution in [0.5, 0.6) is 5.75 Å². The molecule has 0 atom stereocenters. The van der Waals surface area contributed by atoms with Gasteiger partial charge in [-0.25, -0.2) is 4.98 Å². The van der Waals surface area contributed by atoms with Gasteiger partial charge in [-0.15, -0.1) is 22.7 Å². The van der Waals surface area contributed by atoms with Gasteiger partial charge in [0, 0.05) is 10.3 Å². The molecule has 1 amide bonds. The van der Waals surface area contributed by atoms with Crippen LogP contribution in [0.1, 0.15) is 17.5 Å². The molecule has 0 aliphatic carbocycles. The molecule has 0 unspecified atom stereocenters. The van der Waals surface area contributed by atoms with Crippen molar-refractivity contribution in [1.29, 1.82) is 0 Å². The lowest BCUT2D eigenvalue weighted by atomic mass is 10.2. The van der Waals surface area contributed by atoms with E-state index in [-0.39, 0.29) is 18.9 Å². The first-order valence-corrected chi connectivity index (χ1v) is 10.5. The zero-order valence-corrected chi connectivity index (χ0v) is 17.0. The van der Waals surface area contributed by atoms with Crippen molar-refractivity contribution in [2.24, 2.45) is 0 Å². The van der Waals surface area contributed by atoms with E-state index >= 15 is 0 Å². The van der Waals surface area contributed by atoms with Gasteiger partial charge in [0.25, 0.3) is 5.91 Å². The lowest BCUT2D eigenvalue weighted by molar-refractivity contribution is -0.147. The van der Waals surface area contributed by atoms with Gasteiger partial charge in [0.1, 0.15) is 10.8 Å². The SMILES string of the molecule is CCOc1ccccc1-c1nc(CC(=O)OCC(=O)NCc2cccs2)cs1. The van der Waals surface area contributed by atoms with Crippen LogP contribution in [0, 0.1) is 0 Å². The number of thiophene rings is 1. The molecule has 0 saturated heterocycles. The highest BCUT2D eigenvalue weighted by atomic mass is 32.1. The molecule has 0 fully saturated rings. The van der Waals surface area contributed by atoms with Crippen molar-refractivity contribution in [3.8, 4) is 16.3 Å². The molecule has 6 nitrogen and oxygen atoms in total. The number of benzene rings is 1. The largest absolute Gasteiger partial charge is 0.493 e. The van der Waals surface area contributed by atoms with E-state index < -0.39 is 5.97 Å². The number of esters is 1. The maximum atomic E-state index is 12.0. The van der Waals surface area contributed by atoms with Crippen LogP contribution in [-0.2, 0) is 27.3 Å². The van der Waals surface area contributed by atoms with Crippen molar-refractivity contribution >= 4 is 34.6 Å². The molecule has 0 aliphatic rings. The highest BCUT2D eigenvalue weighted by Crippen LogP contribution is 2.32. The van der Waals surface area contributed by atoms with E-state index in [0.29, 0.717) is 18.8 Å². The van der Waals surface area contributed by atoms with Crippen molar-refractivity contribution in [2.45, 2.75) is 19.9 Å². The van der Waals surface area contributed by atoms with E-state index in [1.807, 2.05) is 54.1 Å². The summed E-state index contributed by atoms with van der Waals surface area (Å²) in [5, 5.41) is 7.25. The Morgan fingerprint density at radius 1 is 1.14 bits per heavy atom. The summed E-state index contributed by atoms with van der Waals surface area (Å²) in [6.07, 6.45) is 0.0194. The normalized spacial score (nSPS) is 10.5. The van der Waals surface area contributed by atoms with Crippen LogP contribution in [0.25, 0.3) is 10.6 Å². The van der Waals surface area contributed by atoms with Crippen LogP contribution in [0.3, 0.4) is 0 Å². The molecule has 8 heteroatoms. The van der Waals surface area contributed by atoms with Gasteiger partial charge in [-0.2, -0.15) is 0 Å². The molecule has 146 valence electrons. The molecular formula is C20H20N2O4S2. The van der Waals surface area contributed by atoms with Crippen LogP contribution in [0.2, 0.25) is 0 Å². The summed E-state index contributed by atoms with van der Waals surface area (Å²) >= 11 is 3.00. The van der Waals surface area contributed by atoms with E-state index in [2.05, 4.69) is 10.3 Å². The van der Waals surface area contributed by atoms with Gasteiger partial charge in [0.15, 0.2) is 6.61 Å². The third-order valence-electron chi connectivity index (χ3n) is 3.70. The average Bonchev–Trinajstić information content (AvgIpc) is 3.37. The molecule has 2 aromatic heterocycles. The smallest absolute Gasteiger partial charge is 0.312 e. The van der Waals surface area contributed by atoms with Crippen LogP contribution in [0.15, 0.2) is 47.2 Å². The van der Waals surface area contributed by atoms with Crippen molar-refractivity contribution in [3.63, 3.8) is 0 Å². The number of carbonyl (C=O) groups is 2. The second-order valence-corrected chi connectivity index (χ2v) is 7.66. The fourth-order valence-electron chi connectivity index (χ4n) is 2.43. The number of ether oxygens (including phenoxy) is 2. The predicted molar refractivity (Wildman–Crippen MR) is 110 cm³/mol. The van der Waals surface area contributed by atoms with Crippen LogP contribution in [-0.4, -0.2) is 30.1 Å². The minimum atomic E-state index is -0.485. The summed E-state index contributed by atoms with van der Waals surface area (Å²) in [7, 11) is 0. The Balaban J connectivity index is 1.49. The molecule has 0 aliphatic heterocycles. The first-order chi connectivity index (χ1) is 13.7. The molecule has 2 heterocycles. The maximum Gasteiger partial charge on any atom is 0.312 e. The summed E-state index contributed by atoms with van der Waals surface area (Å²) in [5.74, 6) is -0.0523. The van der Waals surface area contributed by atoms with Gasteiger partial charge in [-0.3, -0.25) is 9.59 Å². The number of thiazole rings is 1. The predicted octanol–water partition coefficient (Wildman–Crippen LogP) is 3.67. The molecule has 0 bridgehead atoms. The number of amides is 1. The van der Waals surface area contributed by atoms with Gasteiger partial charge < -0.3 is 14.8 Å². The number of hydrogen-bond acceptors (Lipinski definition) is 7. The first kappa shape index (κ1) is 20.0. The van der Waals surface area contributed by atoms with E-state index in [1.54, 1.807) is 11.3 Å². The van der Waals surface area contributed by atoms with Gasteiger partial charge in [0.05, 0.1) is 30.8 Å². The monoisotopic (exact) mass is 416 g/mol. The fraction of sp³-hybridized carbons (Fsp3) is 0.250. The lowest BCUT2D eigenvalue weighted by Gasteiger charge is -2.07. The van der Waals surface area contributed by atoms with E-state index in [0.717, 1.165) is 21.2 Å². The first-order valence-electron chi connectivity index (χ1n) is 8.77. The van der Waals surface area contributed by atoms with Gasteiger partial charge >= 0.3 is 5.97 Å². The van der Waals surface area contributed by atoms with Crippen molar-refractivity contribution in [1.82, 2.24) is 10.3 Å². The zero-order chi connectivity index (χ0) is 19.8. The van der Waals surface area contributed by atoms with Crippen LogP contribution < -0.4 is 10.1 Å². The van der Waals surface area contributed by atoms with Gasteiger partial charge in [-0.1, -0.05) is 18.2 Å². The molecule has 28 heavy (non-hydrogen) atoms. The Hall–Kier alpha value is -2.71. The average molecular weight is 417 g/mol. The third-order valence-corrected chi connectivity index (χ3v) is 5.50. The number of para-hydroxylation sites is 1. The fourth-order valence-corrected chi connectivity index (χ4v) is 3.93. The lowest BCUT2D eigenvalue weighted by Crippen LogP contribution is -2.28. The highest BCUT2D eigenvalue weighted by molar-refractivity contribution is 7.13. The standard InChI is InChI=1S/C20H20N2O4S2/c1-2-25-17-8-4-3-7-16(17)20-22-14(13-28-20)10-19(24)26-12-18(23)21-11-15-6-5-9-27-15/h3-9,13H,2,10-12H2,1H3,(H,21,23). The summed E-state index contributed by atoms with van der Waals surface area (Å²) < 4.78 is 10.7. The van der Waals surface area contributed by atoms with Crippen molar-refractivity contribution in [2.75, 3.05) is 13.2 Å². The number of nitrogens with one attached hydrogen (secondary N) is 1. The highest BCUT2D eigenvalue weighted by Gasteiger charge is 2.14. The summed E-state index contributed by atoms with van der Waals surface area (Å²) in [6.45, 7) is 2.63. The molecule has 0 spiro atoms. The number of rotatable bonds is 9. The van der Waals surface area contributed by atoms with Crippen molar-refractivity contribution in [3.05, 3.63) is 57.7 Å². The Morgan fingerprint density at radius 2 is 2.00 bits per heavy atom. The Bertz CT molecular complexity index is 922. The zero-order valence-electron chi connectivity index (χ0n) is 15.3. The molecule has 1 aromatic carbocycles. The maximum absolute atomic E-state index is 12.0. The number of nitrogens with zero attached hydrogens (tertiary/aromatic N) is 1. The second-order valence-electron chi connectivity index (χ2n) is 5.77. The van der Waals surface area contributed by atoms with E-state index in [4.69, 9.17) is 9.47 Å². The summed E-state index contributed by atoms with van der Waals surface area (Å²) in [4.78, 5) is 29.3. The van der Waals surface area contributed by atoms with Crippen LogP contribution in [0.4, 0.5) is 0 Å². The minimum Gasteiger partial charge on any atom is -0.493 e.